The van der Waals surface area contributed by atoms with Gasteiger partial charge in [-0.3, -0.25) is 4.90 Å². The van der Waals surface area contributed by atoms with Crippen LogP contribution in [0.2, 0.25) is 0 Å². The van der Waals surface area contributed by atoms with E-state index in [9.17, 15) is 14.8 Å². The fourth-order valence-corrected chi connectivity index (χ4v) is 8.94. The first kappa shape index (κ1) is 28.5. The highest BCUT2D eigenvalue weighted by Crippen LogP contribution is 2.48. The van der Waals surface area contributed by atoms with E-state index in [-0.39, 0.29) is 81.1 Å². The largest absolute Gasteiger partial charge is 0.508 e. The van der Waals surface area contributed by atoms with E-state index in [2.05, 4.69) is 27.1 Å². The maximum Gasteiger partial charge on any atom is 0.234 e. The van der Waals surface area contributed by atoms with E-state index in [1.165, 1.54) is 24.3 Å². The van der Waals surface area contributed by atoms with Crippen molar-refractivity contribution in [1.29, 1.82) is 5.26 Å². The number of nitrogens with one attached hydrogen (secondary N) is 1. The molecule has 5 aliphatic heterocycles. The molecular weight excluding hydrogens is 602 g/mol. The topological polar surface area (TPSA) is 107 Å². The summed E-state index contributed by atoms with van der Waals surface area (Å²) in [6.45, 7) is 3.23. The van der Waals surface area contributed by atoms with Gasteiger partial charge >= 0.3 is 0 Å². The van der Waals surface area contributed by atoms with Gasteiger partial charge in [0, 0.05) is 29.6 Å². The van der Waals surface area contributed by atoms with Crippen molar-refractivity contribution in [2.75, 3.05) is 37.7 Å². The Balaban J connectivity index is 1.30. The summed E-state index contributed by atoms with van der Waals surface area (Å²) in [7, 11) is 0. The van der Waals surface area contributed by atoms with Crippen molar-refractivity contribution in [3.05, 3.63) is 47.0 Å². The number of rotatable bonds is 4. The maximum absolute atomic E-state index is 17.2. The van der Waals surface area contributed by atoms with Crippen molar-refractivity contribution in [2.45, 2.75) is 62.2 Å². The van der Waals surface area contributed by atoms with Crippen molar-refractivity contribution in [2.24, 2.45) is 0 Å². The number of hydrogen-bond acceptors (Lipinski definition) is 9. The minimum absolute atomic E-state index is 0.0668. The van der Waals surface area contributed by atoms with Crippen LogP contribution in [0.25, 0.3) is 32.9 Å². The molecule has 9 rings (SSSR count). The molecule has 0 radical (unpaired) electrons. The van der Waals surface area contributed by atoms with Gasteiger partial charge < -0.3 is 24.8 Å². The van der Waals surface area contributed by atoms with E-state index in [1.807, 2.05) is 0 Å². The second-order valence-corrected chi connectivity index (χ2v) is 13.5. The molecule has 3 atom stereocenters. The van der Waals surface area contributed by atoms with Crippen molar-refractivity contribution in [3.8, 4) is 47.2 Å². The molecule has 47 heavy (non-hydrogen) atoms. The second kappa shape index (κ2) is 10.4. The van der Waals surface area contributed by atoms with Crippen LogP contribution < -0.4 is 19.7 Å². The SMILES string of the molecule is C#Cc1c(F)ccc2cc(O)cc(-c3nc4c5c(c(C#N)c(OCC67CCCN6CCC7)nc5c3F)N3CC5CCC(N5)C3CO4)c12. The number of benzene rings is 2. The van der Waals surface area contributed by atoms with Gasteiger partial charge in [0.1, 0.15) is 47.6 Å². The minimum Gasteiger partial charge on any atom is -0.508 e. The number of pyridine rings is 2. The number of halogens is 2. The molecule has 2 N–H and O–H groups in total. The standard InChI is InChI=1S/C36H32F2N6O3/c1-2-22-25(37)7-5-19-13-21(45)14-23(28(19)22)31-30(38)32-29-33(44-16-20-6-8-26(40-20)27(44)17-46-35(29)41-31)24(15-39)34(42-32)47-18-36-9-3-11-43(36)12-4-10-36/h1,5,7,13-14,20,26-27,40,45H,3-4,6,8-12,16-18H2. The molecule has 238 valence electrons. The Bertz CT molecular complexity index is 2080. The normalized spacial score (nSPS) is 24.0. The van der Waals surface area contributed by atoms with Crippen molar-refractivity contribution in [1.82, 2.24) is 20.2 Å². The first-order valence-corrected chi connectivity index (χ1v) is 16.3. The third-order valence-electron chi connectivity index (χ3n) is 11.1. The third kappa shape index (κ3) is 4.13. The lowest BCUT2D eigenvalue weighted by atomic mass is 9.95. The number of ether oxygens (including phenoxy) is 2. The Morgan fingerprint density at radius 3 is 2.74 bits per heavy atom. The van der Waals surface area contributed by atoms with Crippen LogP contribution in [0.4, 0.5) is 14.5 Å². The Kier molecular flexibility index (Phi) is 6.31. The monoisotopic (exact) mass is 634 g/mol. The van der Waals surface area contributed by atoms with Crippen LogP contribution in [0.5, 0.6) is 17.5 Å². The van der Waals surface area contributed by atoms with Gasteiger partial charge in [0.15, 0.2) is 5.82 Å². The number of aromatic nitrogens is 2. The number of nitriles is 1. The molecule has 2 bridgehead atoms. The predicted octanol–water partition coefficient (Wildman–Crippen LogP) is 5.00. The number of phenols is 1. The quantitative estimate of drug-likeness (QED) is 0.300. The van der Waals surface area contributed by atoms with Gasteiger partial charge in [0.2, 0.25) is 11.8 Å². The second-order valence-electron chi connectivity index (χ2n) is 13.5. The number of fused-ring (bicyclic) bond motifs is 7. The number of anilines is 1. The van der Waals surface area contributed by atoms with Crippen LogP contribution in [0, 0.1) is 35.3 Å². The molecular formula is C36H32F2N6O3. The highest BCUT2D eigenvalue weighted by Gasteiger charge is 2.47. The van der Waals surface area contributed by atoms with Crippen molar-refractivity contribution >= 4 is 27.4 Å². The highest BCUT2D eigenvalue weighted by atomic mass is 19.1. The van der Waals surface area contributed by atoms with Gasteiger partial charge in [-0.25, -0.2) is 18.7 Å². The summed E-state index contributed by atoms with van der Waals surface area (Å²) < 4.78 is 45.1. The summed E-state index contributed by atoms with van der Waals surface area (Å²) in [6.07, 6.45) is 11.8. The van der Waals surface area contributed by atoms with E-state index >= 15 is 4.39 Å². The zero-order chi connectivity index (χ0) is 32.0. The predicted molar refractivity (Wildman–Crippen MR) is 172 cm³/mol. The average Bonchev–Trinajstić information content (AvgIpc) is 3.74. The minimum atomic E-state index is -0.805. The van der Waals surface area contributed by atoms with E-state index in [1.54, 1.807) is 0 Å². The molecule has 0 saturated carbocycles. The number of hydrogen-bond donors (Lipinski definition) is 2. The summed E-state index contributed by atoms with van der Waals surface area (Å²) in [5, 5.41) is 26.0. The van der Waals surface area contributed by atoms with Gasteiger partial charge in [-0.15, -0.1) is 6.42 Å². The molecule has 2 aromatic heterocycles. The van der Waals surface area contributed by atoms with Crippen LogP contribution >= 0.6 is 0 Å². The highest BCUT2D eigenvalue weighted by molar-refractivity contribution is 6.05. The first-order valence-electron chi connectivity index (χ1n) is 16.3. The molecule has 4 fully saturated rings. The van der Waals surface area contributed by atoms with Crippen molar-refractivity contribution in [3.63, 3.8) is 0 Å². The number of aromatic hydroxyl groups is 1. The summed E-state index contributed by atoms with van der Waals surface area (Å²) >= 11 is 0. The number of piperazine rings is 1. The number of phenolic OH excluding ortho intramolecular Hbond substituents is 1. The Labute approximate surface area is 270 Å². The zero-order valence-corrected chi connectivity index (χ0v) is 25.7. The van der Waals surface area contributed by atoms with Crippen LogP contribution in [0.3, 0.4) is 0 Å². The van der Waals surface area contributed by atoms with Crippen LogP contribution in [-0.2, 0) is 0 Å². The molecule has 3 unspecified atom stereocenters. The molecule has 5 aliphatic rings. The van der Waals surface area contributed by atoms with Crippen LogP contribution in [-0.4, -0.2) is 76.5 Å². The molecule has 0 amide bonds. The van der Waals surface area contributed by atoms with E-state index < -0.39 is 11.6 Å². The first-order chi connectivity index (χ1) is 22.9. The lowest BCUT2D eigenvalue weighted by Crippen LogP contribution is -2.60. The summed E-state index contributed by atoms with van der Waals surface area (Å²) in [6, 6.07) is 8.03. The number of terminal acetylenes is 1. The molecule has 4 saturated heterocycles. The van der Waals surface area contributed by atoms with Gasteiger partial charge in [-0.1, -0.05) is 12.0 Å². The van der Waals surface area contributed by atoms with Gasteiger partial charge in [-0.05, 0) is 75.2 Å². The fourth-order valence-electron chi connectivity index (χ4n) is 8.94. The van der Waals surface area contributed by atoms with E-state index in [0.29, 0.717) is 29.6 Å². The van der Waals surface area contributed by atoms with Gasteiger partial charge in [0.25, 0.3) is 0 Å². The van der Waals surface area contributed by atoms with E-state index in [4.69, 9.17) is 25.9 Å². The Hall–Kier alpha value is -4.71. The summed E-state index contributed by atoms with van der Waals surface area (Å²) in [4.78, 5) is 14.0. The van der Waals surface area contributed by atoms with Gasteiger partial charge in [-0.2, -0.15) is 5.26 Å². The summed E-state index contributed by atoms with van der Waals surface area (Å²) in [5.74, 6) is 0.959. The lowest BCUT2D eigenvalue weighted by Gasteiger charge is -2.41. The van der Waals surface area contributed by atoms with Crippen LogP contribution in [0.1, 0.15) is 49.7 Å². The Morgan fingerprint density at radius 1 is 1.13 bits per heavy atom. The van der Waals surface area contributed by atoms with E-state index in [0.717, 1.165) is 51.6 Å². The molecule has 4 aromatic rings. The average molecular weight is 635 g/mol. The molecule has 2 aromatic carbocycles. The van der Waals surface area contributed by atoms with Crippen LogP contribution in [0.15, 0.2) is 24.3 Å². The zero-order valence-electron chi connectivity index (χ0n) is 25.7. The fraction of sp³-hybridized carbons (Fsp3) is 0.417. The third-order valence-corrected chi connectivity index (χ3v) is 11.1. The lowest BCUT2D eigenvalue weighted by molar-refractivity contribution is 0.111. The molecule has 9 nitrogen and oxygen atoms in total. The van der Waals surface area contributed by atoms with Crippen molar-refractivity contribution < 1.29 is 23.4 Å². The smallest absolute Gasteiger partial charge is 0.234 e. The molecule has 0 spiro atoms. The Morgan fingerprint density at radius 2 is 1.96 bits per heavy atom. The maximum atomic E-state index is 17.2. The molecule has 0 aliphatic carbocycles. The molecule has 7 heterocycles. The number of nitrogens with zero attached hydrogens (tertiary/aromatic N) is 5. The molecule has 11 heteroatoms. The van der Waals surface area contributed by atoms with Gasteiger partial charge in [0.05, 0.1) is 28.2 Å². The summed E-state index contributed by atoms with van der Waals surface area (Å²) in [5.41, 5.74) is 0.409.